The standard InChI is InChI=1S/C20H23NO4S2/c1-14-8-10-15(11-9-14)27(23,24)21-16-5-2-3-6-18(16)25-20(21)13-17(22)19-7-4-12-26-19/h4,7-12,16,18,20H,2-3,5-6,13H2,1H3/t16?,18?,20-/m0/s1. The first-order valence-corrected chi connectivity index (χ1v) is 11.6. The highest BCUT2D eigenvalue weighted by Gasteiger charge is 2.49. The third-order valence-electron chi connectivity index (χ3n) is 5.36. The molecule has 0 N–H and O–H groups in total. The third kappa shape index (κ3) is 3.61. The van der Waals surface area contributed by atoms with Gasteiger partial charge in [-0.15, -0.1) is 11.3 Å². The fraction of sp³-hybridized carbons (Fsp3) is 0.450. The van der Waals surface area contributed by atoms with E-state index in [-0.39, 0.29) is 29.2 Å². The summed E-state index contributed by atoms with van der Waals surface area (Å²) >= 11 is 1.37. The molecule has 144 valence electrons. The zero-order valence-electron chi connectivity index (χ0n) is 15.2. The number of aryl methyl sites for hydroxylation is 1. The maximum absolute atomic E-state index is 13.4. The lowest BCUT2D eigenvalue weighted by Crippen LogP contribution is -2.44. The molecule has 1 aromatic heterocycles. The molecule has 1 aliphatic carbocycles. The van der Waals surface area contributed by atoms with Crippen LogP contribution in [-0.2, 0) is 14.8 Å². The van der Waals surface area contributed by atoms with Crippen molar-refractivity contribution in [3.05, 3.63) is 52.2 Å². The van der Waals surface area contributed by atoms with E-state index in [1.165, 1.54) is 15.6 Å². The Morgan fingerprint density at radius 1 is 1.19 bits per heavy atom. The second-order valence-electron chi connectivity index (χ2n) is 7.23. The summed E-state index contributed by atoms with van der Waals surface area (Å²) < 4.78 is 34.4. The minimum Gasteiger partial charge on any atom is -0.357 e. The van der Waals surface area contributed by atoms with E-state index in [4.69, 9.17) is 4.74 Å². The number of nitrogens with zero attached hydrogens (tertiary/aromatic N) is 1. The molecule has 1 saturated carbocycles. The fourth-order valence-electron chi connectivity index (χ4n) is 4.00. The van der Waals surface area contributed by atoms with Gasteiger partial charge in [0.15, 0.2) is 5.78 Å². The van der Waals surface area contributed by atoms with Crippen molar-refractivity contribution in [2.24, 2.45) is 0 Å². The number of fused-ring (bicyclic) bond motifs is 1. The summed E-state index contributed by atoms with van der Waals surface area (Å²) in [4.78, 5) is 13.5. The Hall–Kier alpha value is -1.54. The normalized spacial score (nSPS) is 26.0. The quantitative estimate of drug-likeness (QED) is 0.706. The smallest absolute Gasteiger partial charge is 0.245 e. The summed E-state index contributed by atoms with van der Waals surface area (Å²) in [5.74, 6) is -0.0715. The van der Waals surface area contributed by atoms with Crippen LogP contribution in [0.25, 0.3) is 0 Å². The summed E-state index contributed by atoms with van der Waals surface area (Å²) in [5, 5.41) is 1.85. The molecule has 2 heterocycles. The average molecular weight is 406 g/mol. The predicted molar refractivity (Wildman–Crippen MR) is 104 cm³/mol. The number of thiophene rings is 1. The van der Waals surface area contributed by atoms with E-state index in [1.807, 2.05) is 18.4 Å². The molecule has 7 heteroatoms. The van der Waals surface area contributed by atoms with E-state index < -0.39 is 16.3 Å². The van der Waals surface area contributed by atoms with E-state index in [1.54, 1.807) is 30.3 Å². The van der Waals surface area contributed by atoms with Crippen molar-refractivity contribution in [1.82, 2.24) is 4.31 Å². The van der Waals surface area contributed by atoms with Crippen molar-refractivity contribution in [3.63, 3.8) is 0 Å². The van der Waals surface area contributed by atoms with E-state index in [9.17, 15) is 13.2 Å². The van der Waals surface area contributed by atoms with Crippen molar-refractivity contribution in [3.8, 4) is 0 Å². The zero-order chi connectivity index (χ0) is 19.0. The number of ether oxygens (including phenoxy) is 1. The minimum atomic E-state index is -3.73. The highest BCUT2D eigenvalue weighted by Crippen LogP contribution is 2.39. The lowest BCUT2D eigenvalue weighted by atomic mass is 9.93. The summed E-state index contributed by atoms with van der Waals surface area (Å²) in [6.07, 6.45) is 2.83. The average Bonchev–Trinajstić information content (AvgIpc) is 3.30. The lowest BCUT2D eigenvalue weighted by Gasteiger charge is -2.30. The zero-order valence-corrected chi connectivity index (χ0v) is 16.8. The number of benzene rings is 1. The molecule has 1 aromatic carbocycles. The highest BCUT2D eigenvalue weighted by molar-refractivity contribution is 7.89. The second kappa shape index (κ2) is 7.47. The molecule has 27 heavy (non-hydrogen) atoms. The van der Waals surface area contributed by atoms with Crippen molar-refractivity contribution < 1.29 is 17.9 Å². The molecule has 0 bridgehead atoms. The number of ketones is 1. The highest BCUT2D eigenvalue weighted by atomic mass is 32.2. The van der Waals surface area contributed by atoms with Crippen molar-refractivity contribution in [2.45, 2.75) is 62.3 Å². The topological polar surface area (TPSA) is 63.7 Å². The van der Waals surface area contributed by atoms with Crippen LogP contribution >= 0.6 is 11.3 Å². The van der Waals surface area contributed by atoms with E-state index in [2.05, 4.69) is 0 Å². The molecule has 0 spiro atoms. The molecule has 3 atom stereocenters. The van der Waals surface area contributed by atoms with E-state index in [0.29, 0.717) is 4.88 Å². The molecule has 1 saturated heterocycles. The number of carbonyl (C=O) groups excluding carboxylic acids is 1. The Bertz CT molecular complexity index is 906. The van der Waals surface area contributed by atoms with Crippen LogP contribution in [0.1, 0.15) is 47.3 Å². The van der Waals surface area contributed by atoms with Crippen molar-refractivity contribution in [1.29, 1.82) is 0 Å². The minimum absolute atomic E-state index is 0.0542. The van der Waals surface area contributed by atoms with Gasteiger partial charge >= 0.3 is 0 Å². The number of sulfonamides is 1. The van der Waals surface area contributed by atoms with Gasteiger partial charge in [0.2, 0.25) is 10.0 Å². The molecular weight excluding hydrogens is 382 g/mol. The Morgan fingerprint density at radius 3 is 2.63 bits per heavy atom. The van der Waals surface area contributed by atoms with Gasteiger partial charge in [-0.3, -0.25) is 4.79 Å². The van der Waals surface area contributed by atoms with Crippen LogP contribution < -0.4 is 0 Å². The summed E-state index contributed by atoms with van der Waals surface area (Å²) in [6.45, 7) is 1.93. The van der Waals surface area contributed by atoms with Gasteiger partial charge in [0.1, 0.15) is 6.23 Å². The maximum atomic E-state index is 13.4. The van der Waals surface area contributed by atoms with Crippen LogP contribution in [0.15, 0.2) is 46.7 Å². The van der Waals surface area contributed by atoms with Gasteiger partial charge in [0.25, 0.3) is 0 Å². The van der Waals surface area contributed by atoms with Crippen LogP contribution in [0.5, 0.6) is 0 Å². The molecule has 2 fully saturated rings. The van der Waals surface area contributed by atoms with Gasteiger partial charge in [-0.1, -0.05) is 36.6 Å². The SMILES string of the molecule is Cc1ccc(S(=O)(=O)N2C3CCCCC3O[C@H]2CC(=O)c2cccs2)cc1. The van der Waals surface area contributed by atoms with Crippen LogP contribution in [0.3, 0.4) is 0 Å². The van der Waals surface area contributed by atoms with Gasteiger partial charge < -0.3 is 4.74 Å². The molecule has 2 unspecified atom stereocenters. The van der Waals surface area contributed by atoms with Crippen LogP contribution in [0.2, 0.25) is 0 Å². The van der Waals surface area contributed by atoms with Crippen LogP contribution in [0, 0.1) is 6.92 Å². The first-order chi connectivity index (χ1) is 13.0. The number of hydrogen-bond donors (Lipinski definition) is 0. The Morgan fingerprint density at radius 2 is 1.93 bits per heavy atom. The van der Waals surface area contributed by atoms with Crippen LogP contribution in [0.4, 0.5) is 0 Å². The van der Waals surface area contributed by atoms with Crippen LogP contribution in [-0.4, -0.2) is 36.9 Å². The molecule has 4 rings (SSSR count). The Balaban J connectivity index is 1.66. The molecule has 0 amide bonds. The summed E-state index contributed by atoms with van der Waals surface area (Å²) in [5.41, 5.74) is 1.01. The molecule has 2 aliphatic rings. The maximum Gasteiger partial charge on any atom is 0.245 e. The first-order valence-electron chi connectivity index (χ1n) is 9.29. The molecule has 0 radical (unpaired) electrons. The Labute approximate surface area is 164 Å². The fourth-order valence-corrected chi connectivity index (χ4v) is 6.43. The van der Waals surface area contributed by atoms with Gasteiger partial charge in [0, 0.05) is 0 Å². The number of hydrogen-bond acceptors (Lipinski definition) is 5. The van der Waals surface area contributed by atoms with Crippen molar-refractivity contribution >= 4 is 27.1 Å². The number of Topliss-reactive ketones (excluding diaryl/α,β-unsaturated/α-hetero) is 1. The van der Waals surface area contributed by atoms with Gasteiger partial charge in [-0.25, -0.2) is 8.42 Å². The van der Waals surface area contributed by atoms with Gasteiger partial charge in [-0.05, 0) is 43.3 Å². The van der Waals surface area contributed by atoms with E-state index >= 15 is 0 Å². The molecule has 2 aromatic rings. The largest absolute Gasteiger partial charge is 0.357 e. The van der Waals surface area contributed by atoms with E-state index in [0.717, 1.165) is 31.2 Å². The first kappa shape index (κ1) is 18.8. The lowest BCUT2D eigenvalue weighted by molar-refractivity contribution is 0.0112. The Kier molecular flexibility index (Phi) is 5.20. The summed E-state index contributed by atoms with van der Waals surface area (Å²) in [6, 6.07) is 10.3. The van der Waals surface area contributed by atoms with Gasteiger partial charge in [-0.2, -0.15) is 4.31 Å². The number of carbonyl (C=O) groups is 1. The number of rotatable bonds is 5. The molecule has 1 aliphatic heterocycles. The monoisotopic (exact) mass is 405 g/mol. The van der Waals surface area contributed by atoms with Gasteiger partial charge in [0.05, 0.1) is 28.3 Å². The predicted octanol–water partition coefficient (Wildman–Crippen LogP) is 3.99. The molecular formula is C20H23NO4S2. The third-order valence-corrected chi connectivity index (χ3v) is 8.20. The van der Waals surface area contributed by atoms with Crippen molar-refractivity contribution in [2.75, 3.05) is 0 Å². The summed E-state index contributed by atoms with van der Waals surface area (Å²) in [7, 11) is -3.73. The second-order valence-corrected chi connectivity index (χ2v) is 10.0. The molecule has 5 nitrogen and oxygen atoms in total.